The van der Waals surface area contributed by atoms with Crippen molar-refractivity contribution in [2.45, 2.75) is 25.8 Å². The van der Waals surface area contributed by atoms with Crippen LogP contribution in [-0.2, 0) is 9.59 Å². The van der Waals surface area contributed by atoms with Gasteiger partial charge in [-0.2, -0.15) is 0 Å². The van der Waals surface area contributed by atoms with Gasteiger partial charge in [0.05, 0.1) is 30.3 Å². The van der Waals surface area contributed by atoms with Crippen LogP contribution in [0.2, 0.25) is 5.02 Å². The summed E-state index contributed by atoms with van der Waals surface area (Å²) in [5.74, 6) is -0.884. The van der Waals surface area contributed by atoms with Crippen molar-refractivity contribution in [3.05, 3.63) is 58.7 Å². The van der Waals surface area contributed by atoms with E-state index in [9.17, 15) is 14.0 Å². The summed E-state index contributed by atoms with van der Waals surface area (Å²) in [6.45, 7) is 10.7. The number of thiocarbonyl (C=S) groups is 1. The first kappa shape index (κ1) is 23.4. The zero-order chi connectivity index (χ0) is 23.6. The Bertz CT molecular complexity index is 1130. The van der Waals surface area contributed by atoms with Crippen molar-refractivity contribution in [3.63, 3.8) is 0 Å². The summed E-state index contributed by atoms with van der Waals surface area (Å²) < 4.78 is 20.4. The Morgan fingerprint density at radius 1 is 1.28 bits per heavy atom. The van der Waals surface area contributed by atoms with Crippen LogP contribution in [0, 0.1) is 12.4 Å². The molecule has 1 aliphatic rings. The van der Waals surface area contributed by atoms with E-state index >= 15 is 0 Å². The minimum atomic E-state index is -1.10. The van der Waals surface area contributed by atoms with Crippen molar-refractivity contribution in [2.24, 2.45) is 0 Å². The van der Waals surface area contributed by atoms with Crippen LogP contribution in [0.25, 0.3) is 4.85 Å². The number of nitrogens with zero attached hydrogens (tertiary/aromatic N) is 3. The van der Waals surface area contributed by atoms with Gasteiger partial charge < -0.3 is 15.0 Å². The molecule has 10 heteroatoms. The van der Waals surface area contributed by atoms with Crippen LogP contribution in [0.4, 0.5) is 21.5 Å². The van der Waals surface area contributed by atoms with E-state index in [1.165, 1.54) is 12.1 Å². The van der Waals surface area contributed by atoms with Crippen molar-refractivity contribution in [1.29, 1.82) is 0 Å². The smallest absolute Gasteiger partial charge is 0.259 e. The maximum atomic E-state index is 14.9. The molecule has 0 spiro atoms. The van der Waals surface area contributed by atoms with Gasteiger partial charge in [0.2, 0.25) is 11.6 Å². The van der Waals surface area contributed by atoms with Crippen molar-refractivity contribution in [3.8, 4) is 5.75 Å². The molecule has 1 saturated heterocycles. The summed E-state index contributed by atoms with van der Waals surface area (Å²) in [5.41, 5.74) is -0.648. The van der Waals surface area contributed by atoms with Gasteiger partial charge in [0.25, 0.3) is 5.91 Å². The number of anilines is 2. The van der Waals surface area contributed by atoms with Gasteiger partial charge >= 0.3 is 0 Å². The number of carbonyl (C=O) groups is 2. The fourth-order valence-corrected chi connectivity index (χ4v) is 4.02. The van der Waals surface area contributed by atoms with Gasteiger partial charge in [-0.3, -0.25) is 14.5 Å². The molecular formula is C22H20ClFN4O3S. The fourth-order valence-electron chi connectivity index (χ4n) is 3.31. The molecule has 0 saturated carbocycles. The Kier molecular flexibility index (Phi) is 6.67. The molecule has 0 unspecified atom stereocenters. The Morgan fingerprint density at radius 3 is 2.53 bits per heavy atom. The molecule has 3 rings (SSSR count). The van der Waals surface area contributed by atoms with Crippen LogP contribution in [0.5, 0.6) is 5.75 Å². The first-order valence-electron chi connectivity index (χ1n) is 9.61. The monoisotopic (exact) mass is 474 g/mol. The van der Waals surface area contributed by atoms with Crippen LogP contribution in [-0.4, -0.2) is 36.1 Å². The molecule has 0 radical (unpaired) electrons. The summed E-state index contributed by atoms with van der Waals surface area (Å²) >= 11 is 11.5. The Morgan fingerprint density at radius 2 is 1.94 bits per heavy atom. The first-order valence-corrected chi connectivity index (χ1v) is 10.4. The molecule has 1 fully saturated rings. The molecule has 7 nitrogen and oxygen atoms in total. The highest BCUT2D eigenvalue weighted by Crippen LogP contribution is 2.40. The van der Waals surface area contributed by atoms with Crippen LogP contribution >= 0.6 is 23.8 Å². The lowest BCUT2D eigenvalue weighted by Gasteiger charge is -2.29. The molecule has 0 bridgehead atoms. The van der Waals surface area contributed by atoms with E-state index in [1.807, 2.05) is 0 Å². The summed E-state index contributed by atoms with van der Waals surface area (Å²) in [6, 6.07) is 9.53. The van der Waals surface area contributed by atoms with Crippen molar-refractivity contribution >= 4 is 57.8 Å². The molecule has 0 atom stereocenters. The minimum absolute atomic E-state index is 0.0476. The van der Waals surface area contributed by atoms with E-state index in [0.717, 1.165) is 4.90 Å². The summed E-state index contributed by atoms with van der Waals surface area (Å²) in [6.07, 6.45) is 0.228. The van der Waals surface area contributed by atoms with Gasteiger partial charge in [-0.1, -0.05) is 17.7 Å². The average molecular weight is 475 g/mol. The third-order valence-electron chi connectivity index (χ3n) is 5.04. The molecule has 0 aromatic heterocycles. The van der Waals surface area contributed by atoms with E-state index in [1.54, 1.807) is 50.1 Å². The molecule has 32 heavy (non-hydrogen) atoms. The van der Waals surface area contributed by atoms with Gasteiger partial charge in [-0.25, -0.2) is 9.24 Å². The fraction of sp³-hybridized carbons (Fsp3) is 0.273. The Hall–Kier alpha value is -3.22. The number of benzene rings is 2. The first-order chi connectivity index (χ1) is 15.1. The van der Waals surface area contributed by atoms with Crippen LogP contribution in [0.3, 0.4) is 0 Å². The van der Waals surface area contributed by atoms with Crippen LogP contribution in [0.15, 0.2) is 36.4 Å². The third-order valence-corrected chi connectivity index (χ3v) is 5.77. The molecule has 1 aliphatic heterocycles. The molecule has 0 aliphatic carbocycles. The van der Waals surface area contributed by atoms with Crippen molar-refractivity contribution in [2.75, 3.05) is 23.5 Å². The third kappa shape index (κ3) is 4.11. The number of nitrogens with one attached hydrogen (secondary N) is 1. The maximum absolute atomic E-state index is 14.9. The van der Waals surface area contributed by atoms with E-state index in [4.69, 9.17) is 35.1 Å². The number of hydrogen-bond donors (Lipinski definition) is 1. The lowest BCUT2D eigenvalue weighted by molar-refractivity contribution is -0.121. The lowest BCUT2D eigenvalue weighted by atomic mass is 10.0. The van der Waals surface area contributed by atoms with Gasteiger partial charge in [-0.05, 0) is 56.4 Å². The zero-order valence-electron chi connectivity index (χ0n) is 17.6. The van der Waals surface area contributed by atoms with E-state index in [2.05, 4.69) is 10.2 Å². The molecule has 1 heterocycles. The van der Waals surface area contributed by atoms with Gasteiger partial charge in [-0.15, -0.1) is 0 Å². The van der Waals surface area contributed by atoms with Gasteiger partial charge in [0, 0.05) is 12.7 Å². The normalized spacial score (nSPS) is 15.0. The summed E-state index contributed by atoms with van der Waals surface area (Å²) in [4.78, 5) is 30.4. The number of carbonyl (C=O) groups excluding carboxylic acids is 2. The summed E-state index contributed by atoms with van der Waals surface area (Å²) in [5, 5.41) is 2.24. The largest absolute Gasteiger partial charge is 0.493 e. The predicted octanol–water partition coefficient (Wildman–Crippen LogP) is 4.46. The van der Waals surface area contributed by atoms with Crippen LogP contribution in [0.1, 0.15) is 20.3 Å². The van der Waals surface area contributed by atoms with E-state index < -0.39 is 17.3 Å². The lowest BCUT2D eigenvalue weighted by Crippen LogP contribution is -2.44. The second-order valence-electron chi connectivity index (χ2n) is 7.43. The minimum Gasteiger partial charge on any atom is -0.493 e. The Balaban J connectivity index is 1.88. The number of amides is 2. The molecule has 2 aromatic carbocycles. The number of halogens is 2. The second-order valence-corrected chi connectivity index (χ2v) is 8.17. The highest BCUT2D eigenvalue weighted by atomic mass is 35.5. The molecule has 1 N–H and O–H groups in total. The predicted molar refractivity (Wildman–Crippen MR) is 125 cm³/mol. The number of ether oxygens (including phenoxy) is 1. The maximum Gasteiger partial charge on any atom is 0.259 e. The van der Waals surface area contributed by atoms with Gasteiger partial charge in [0.15, 0.2) is 10.9 Å². The van der Waals surface area contributed by atoms with Crippen molar-refractivity contribution in [1.82, 2.24) is 5.32 Å². The molecule has 2 amide bonds. The topological polar surface area (TPSA) is 66.2 Å². The quantitative estimate of drug-likeness (QED) is 0.494. The van der Waals surface area contributed by atoms with Gasteiger partial charge in [0.1, 0.15) is 11.3 Å². The second kappa shape index (κ2) is 9.10. The molecule has 2 aromatic rings. The zero-order valence-corrected chi connectivity index (χ0v) is 19.2. The van der Waals surface area contributed by atoms with Crippen LogP contribution < -0.4 is 19.9 Å². The highest BCUT2D eigenvalue weighted by Gasteiger charge is 2.51. The highest BCUT2D eigenvalue weighted by molar-refractivity contribution is 7.81. The molecular weight excluding hydrogens is 455 g/mol. The number of hydrogen-bond acceptors (Lipinski definition) is 4. The standard InChI is InChI=1S/C22H20ClFN4O3S/c1-22(2)20(30)27(16-10-9-15(25-3)18(23)19(16)24)21(32)28(22)13-5-7-14(8-6-13)31-12-11-17(29)26-4/h5-10H,11-12H2,1-2,4H3,(H,26,29). The number of rotatable bonds is 6. The van der Waals surface area contributed by atoms with E-state index in [-0.39, 0.29) is 40.4 Å². The van der Waals surface area contributed by atoms with Crippen molar-refractivity contribution < 1.29 is 18.7 Å². The SMILES string of the molecule is [C-]#[N+]c1ccc(N2C(=O)C(C)(C)N(c3ccc(OCCC(=O)NC)cc3)C2=S)c(F)c1Cl. The van der Waals surface area contributed by atoms with E-state index in [0.29, 0.717) is 11.4 Å². The average Bonchev–Trinajstić information content (AvgIpc) is 2.94. The Labute approximate surface area is 195 Å². The summed E-state index contributed by atoms with van der Waals surface area (Å²) in [7, 11) is 1.56. The molecule has 166 valence electrons.